The van der Waals surface area contributed by atoms with Gasteiger partial charge in [0.05, 0.1) is 45.2 Å². The summed E-state index contributed by atoms with van der Waals surface area (Å²) in [6.07, 6.45) is 3.91. The summed E-state index contributed by atoms with van der Waals surface area (Å²) >= 11 is 0. The largest absolute Gasteiger partial charge is 0.496 e. The van der Waals surface area contributed by atoms with Crippen LogP contribution in [0.25, 0.3) is 12.2 Å². The van der Waals surface area contributed by atoms with Crippen molar-refractivity contribution >= 4 is 19.7 Å². The Labute approximate surface area is 172 Å². The van der Waals surface area contributed by atoms with Crippen molar-refractivity contribution in [1.29, 1.82) is 5.26 Å². The molecule has 0 N–H and O–H groups in total. The fourth-order valence-corrected chi connectivity index (χ4v) is 4.53. The van der Waals surface area contributed by atoms with Crippen molar-refractivity contribution in [2.45, 2.75) is 20.0 Å². The lowest BCUT2D eigenvalue weighted by Gasteiger charge is -2.19. The predicted octanol–water partition coefficient (Wildman–Crippen LogP) is 5.51. The third-order valence-electron chi connectivity index (χ3n) is 4.14. The smallest absolute Gasteiger partial charge is 0.335 e. The SMILES string of the molecule is CCOP(=O)(Cc1cc(OC)c(/C=C/c2ccc(C#N)cc2)cc1OC)OCC. The summed E-state index contributed by atoms with van der Waals surface area (Å²) in [4.78, 5) is 0. The normalized spacial score (nSPS) is 11.4. The lowest BCUT2D eigenvalue weighted by Crippen LogP contribution is -2.02. The molecule has 29 heavy (non-hydrogen) atoms. The molecular formula is C22H26NO5P. The lowest BCUT2D eigenvalue weighted by atomic mass is 10.1. The van der Waals surface area contributed by atoms with Crippen molar-refractivity contribution in [2.75, 3.05) is 27.4 Å². The number of nitrogens with zero attached hydrogens (tertiary/aromatic N) is 1. The van der Waals surface area contributed by atoms with E-state index in [1.165, 1.54) is 0 Å². The van der Waals surface area contributed by atoms with E-state index in [0.717, 1.165) is 11.1 Å². The van der Waals surface area contributed by atoms with Crippen LogP contribution in [0.3, 0.4) is 0 Å². The molecule has 0 bridgehead atoms. The van der Waals surface area contributed by atoms with Crippen LogP contribution in [0.5, 0.6) is 11.5 Å². The molecule has 2 rings (SSSR count). The monoisotopic (exact) mass is 415 g/mol. The molecule has 0 spiro atoms. The maximum Gasteiger partial charge on any atom is 0.335 e. The van der Waals surface area contributed by atoms with Crippen LogP contribution in [0.2, 0.25) is 0 Å². The van der Waals surface area contributed by atoms with Gasteiger partial charge in [0, 0.05) is 11.1 Å². The molecule has 0 aromatic heterocycles. The summed E-state index contributed by atoms with van der Waals surface area (Å²) in [5, 5.41) is 8.90. The fourth-order valence-electron chi connectivity index (χ4n) is 2.82. The molecule has 0 saturated heterocycles. The van der Waals surface area contributed by atoms with E-state index in [1.54, 1.807) is 46.3 Å². The van der Waals surface area contributed by atoms with E-state index in [1.807, 2.05) is 30.4 Å². The van der Waals surface area contributed by atoms with Crippen molar-refractivity contribution in [3.8, 4) is 17.6 Å². The molecular weight excluding hydrogens is 389 g/mol. The van der Waals surface area contributed by atoms with Gasteiger partial charge in [-0.3, -0.25) is 4.57 Å². The second-order valence-corrected chi connectivity index (χ2v) is 8.13. The van der Waals surface area contributed by atoms with Crippen LogP contribution >= 0.6 is 7.60 Å². The summed E-state index contributed by atoms with van der Waals surface area (Å²) < 4.78 is 34.8. The standard InChI is InChI=1S/C22H26NO5P/c1-5-27-29(24,28-6-2)16-20-14-21(25-3)19(13-22(20)26-4)12-11-17-7-9-18(15-23)10-8-17/h7-14H,5-6,16H2,1-4H3/b12-11+. The van der Waals surface area contributed by atoms with E-state index < -0.39 is 7.60 Å². The summed E-state index contributed by atoms with van der Waals surface area (Å²) in [5.74, 6) is 1.19. The Kier molecular flexibility index (Phi) is 8.48. The average Bonchev–Trinajstić information content (AvgIpc) is 2.73. The first-order valence-electron chi connectivity index (χ1n) is 9.29. The molecule has 6 nitrogen and oxygen atoms in total. The maximum atomic E-state index is 12.9. The Bertz CT molecular complexity index is 921. The molecule has 0 aliphatic carbocycles. The molecule has 0 radical (unpaired) electrons. The van der Waals surface area contributed by atoms with Crippen LogP contribution in [-0.4, -0.2) is 27.4 Å². The van der Waals surface area contributed by atoms with Gasteiger partial charge in [-0.2, -0.15) is 5.26 Å². The minimum Gasteiger partial charge on any atom is -0.496 e. The summed E-state index contributed by atoms with van der Waals surface area (Å²) in [6, 6.07) is 13.0. The first kappa shape index (κ1) is 22.7. The Morgan fingerprint density at radius 2 is 1.59 bits per heavy atom. The minimum atomic E-state index is -3.28. The number of hydrogen-bond acceptors (Lipinski definition) is 6. The minimum absolute atomic E-state index is 0.0911. The predicted molar refractivity (Wildman–Crippen MR) is 114 cm³/mol. The van der Waals surface area contributed by atoms with E-state index in [4.69, 9.17) is 23.8 Å². The average molecular weight is 415 g/mol. The summed E-state index contributed by atoms with van der Waals surface area (Å²) in [7, 11) is -0.138. The quantitative estimate of drug-likeness (QED) is 0.376. The zero-order valence-corrected chi connectivity index (χ0v) is 18.1. The van der Waals surface area contributed by atoms with Crippen molar-refractivity contribution in [1.82, 2.24) is 0 Å². The van der Waals surface area contributed by atoms with E-state index >= 15 is 0 Å². The molecule has 0 fully saturated rings. The second-order valence-electron chi connectivity index (χ2n) is 6.08. The Balaban J connectivity index is 2.36. The number of nitriles is 1. The van der Waals surface area contributed by atoms with Crippen LogP contribution in [0.4, 0.5) is 0 Å². The number of ether oxygens (including phenoxy) is 2. The molecule has 7 heteroatoms. The molecule has 0 aliphatic heterocycles. The molecule has 2 aromatic rings. The maximum absolute atomic E-state index is 12.9. The molecule has 0 aliphatic rings. The Morgan fingerprint density at radius 1 is 0.966 bits per heavy atom. The van der Waals surface area contributed by atoms with E-state index in [9.17, 15) is 4.57 Å². The van der Waals surface area contributed by atoms with Crippen LogP contribution in [0.15, 0.2) is 36.4 Å². The summed E-state index contributed by atoms with van der Waals surface area (Å²) in [5.41, 5.74) is 3.05. The molecule has 0 atom stereocenters. The first-order chi connectivity index (χ1) is 14.0. The van der Waals surface area contributed by atoms with Crippen LogP contribution in [0.1, 0.15) is 36.1 Å². The highest BCUT2D eigenvalue weighted by atomic mass is 31.2. The van der Waals surface area contributed by atoms with Crippen LogP contribution in [-0.2, 0) is 19.8 Å². The van der Waals surface area contributed by atoms with Gasteiger partial charge in [-0.1, -0.05) is 24.3 Å². The van der Waals surface area contributed by atoms with Gasteiger partial charge in [-0.25, -0.2) is 0 Å². The first-order valence-corrected chi connectivity index (χ1v) is 11.0. The topological polar surface area (TPSA) is 77.8 Å². The van der Waals surface area contributed by atoms with Crippen LogP contribution in [0, 0.1) is 11.3 Å². The number of benzene rings is 2. The molecule has 0 saturated carbocycles. The summed E-state index contributed by atoms with van der Waals surface area (Å²) in [6.45, 7) is 4.14. The highest BCUT2D eigenvalue weighted by Crippen LogP contribution is 2.53. The number of rotatable bonds is 10. The second kappa shape index (κ2) is 10.8. The van der Waals surface area contributed by atoms with Crippen molar-refractivity contribution in [3.05, 3.63) is 58.7 Å². The number of hydrogen-bond donors (Lipinski definition) is 0. The van der Waals surface area contributed by atoms with Gasteiger partial charge in [0.15, 0.2) is 0 Å². The Morgan fingerprint density at radius 3 is 2.10 bits per heavy atom. The van der Waals surface area contributed by atoms with E-state index in [2.05, 4.69) is 6.07 Å². The van der Waals surface area contributed by atoms with Gasteiger partial charge in [0.2, 0.25) is 0 Å². The van der Waals surface area contributed by atoms with Gasteiger partial charge < -0.3 is 18.5 Å². The van der Waals surface area contributed by atoms with Crippen LogP contribution < -0.4 is 9.47 Å². The zero-order valence-electron chi connectivity index (χ0n) is 17.2. The zero-order chi connectivity index (χ0) is 21.3. The van der Waals surface area contributed by atoms with E-state index in [0.29, 0.717) is 35.8 Å². The number of methoxy groups -OCH3 is 2. The fraction of sp³-hybridized carbons (Fsp3) is 0.318. The van der Waals surface area contributed by atoms with Gasteiger partial charge in [-0.15, -0.1) is 0 Å². The molecule has 2 aromatic carbocycles. The van der Waals surface area contributed by atoms with Gasteiger partial charge in [0.25, 0.3) is 0 Å². The van der Waals surface area contributed by atoms with Gasteiger partial charge in [0.1, 0.15) is 11.5 Å². The third kappa shape index (κ3) is 6.20. The van der Waals surface area contributed by atoms with Crippen molar-refractivity contribution < 1.29 is 23.1 Å². The highest BCUT2D eigenvalue weighted by molar-refractivity contribution is 7.53. The van der Waals surface area contributed by atoms with Gasteiger partial charge >= 0.3 is 7.60 Å². The molecule has 0 unspecified atom stereocenters. The van der Waals surface area contributed by atoms with E-state index in [-0.39, 0.29) is 6.16 Å². The van der Waals surface area contributed by atoms with Gasteiger partial charge in [-0.05, 0) is 43.7 Å². The van der Waals surface area contributed by atoms with Crippen molar-refractivity contribution in [3.63, 3.8) is 0 Å². The molecule has 0 amide bonds. The molecule has 154 valence electrons. The Hall–Kier alpha value is -2.58. The van der Waals surface area contributed by atoms with Crippen molar-refractivity contribution in [2.24, 2.45) is 0 Å². The highest BCUT2D eigenvalue weighted by Gasteiger charge is 2.26. The third-order valence-corrected chi connectivity index (χ3v) is 6.17. The molecule has 0 heterocycles. The lowest BCUT2D eigenvalue weighted by molar-refractivity contribution is 0.219.